The van der Waals surface area contributed by atoms with Crippen molar-refractivity contribution in [3.05, 3.63) is 80.8 Å². The van der Waals surface area contributed by atoms with Crippen LogP contribution in [0, 0.1) is 6.92 Å². The first-order valence-electron chi connectivity index (χ1n) is 10.8. The van der Waals surface area contributed by atoms with Gasteiger partial charge in [-0.1, -0.05) is 42.5 Å². The molecule has 0 saturated carbocycles. The van der Waals surface area contributed by atoms with Crippen molar-refractivity contribution in [2.75, 3.05) is 19.8 Å². The summed E-state index contributed by atoms with van der Waals surface area (Å²) in [7, 11) is 1.64. The van der Waals surface area contributed by atoms with Crippen molar-refractivity contribution in [1.29, 1.82) is 0 Å². The molecule has 3 aromatic heterocycles. The molecule has 0 aliphatic rings. The third kappa shape index (κ3) is 3.46. The zero-order valence-electron chi connectivity index (χ0n) is 18.6. The number of aryl methyl sites for hydroxylation is 2. The Morgan fingerprint density at radius 3 is 2.64 bits per heavy atom. The summed E-state index contributed by atoms with van der Waals surface area (Å²) in [4.78, 5) is 31.4. The molecule has 0 radical (unpaired) electrons. The highest BCUT2D eigenvalue weighted by Crippen LogP contribution is 2.20. The fourth-order valence-corrected chi connectivity index (χ4v) is 4.39. The van der Waals surface area contributed by atoms with E-state index in [1.54, 1.807) is 11.4 Å². The van der Waals surface area contributed by atoms with E-state index >= 15 is 0 Å². The molecule has 1 N–H and O–H groups in total. The van der Waals surface area contributed by atoms with Crippen LogP contribution >= 0.6 is 0 Å². The summed E-state index contributed by atoms with van der Waals surface area (Å²) in [6, 6.07) is 13.8. The van der Waals surface area contributed by atoms with Crippen molar-refractivity contribution in [1.82, 2.24) is 23.1 Å². The molecule has 5 rings (SSSR count). The van der Waals surface area contributed by atoms with Gasteiger partial charge in [0.05, 0.1) is 26.4 Å². The number of rotatable bonds is 7. The Bertz CT molecular complexity index is 1600. The molecular weight excluding hydrogens is 422 g/mol. The average molecular weight is 447 g/mol. The first-order valence-corrected chi connectivity index (χ1v) is 10.8. The number of benzene rings is 2. The summed E-state index contributed by atoms with van der Waals surface area (Å²) in [5.74, 6) is 0.574. The summed E-state index contributed by atoms with van der Waals surface area (Å²) in [6.07, 6.45) is 1.85. The van der Waals surface area contributed by atoms with Crippen LogP contribution in [0.2, 0.25) is 0 Å². The lowest BCUT2D eigenvalue weighted by molar-refractivity contribution is 0.0872. The van der Waals surface area contributed by atoms with Crippen molar-refractivity contribution in [3.63, 3.8) is 0 Å². The van der Waals surface area contributed by atoms with Crippen LogP contribution in [0.3, 0.4) is 0 Å². The van der Waals surface area contributed by atoms with Gasteiger partial charge in [0.15, 0.2) is 11.2 Å². The van der Waals surface area contributed by atoms with Crippen molar-refractivity contribution < 1.29 is 9.84 Å². The summed E-state index contributed by atoms with van der Waals surface area (Å²) >= 11 is 0. The van der Waals surface area contributed by atoms with E-state index in [9.17, 15) is 9.59 Å². The van der Waals surface area contributed by atoms with Crippen molar-refractivity contribution in [3.8, 4) is 0 Å². The lowest BCUT2D eigenvalue weighted by Crippen LogP contribution is -2.39. The van der Waals surface area contributed by atoms with Gasteiger partial charge in [0.1, 0.15) is 0 Å². The SMILES string of the molecule is Cc1cn2c3c(=O)n(Cc4cccc5ccccc45)c(=O)n(C)c3nc2n1CCOCCO. The lowest BCUT2D eigenvalue weighted by atomic mass is 10.0. The number of hydrogen-bond acceptors (Lipinski definition) is 5. The predicted molar refractivity (Wildman–Crippen MR) is 126 cm³/mol. The molecule has 0 spiro atoms. The summed E-state index contributed by atoms with van der Waals surface area (Å²) in [5, 5.41) is 11.0. The van der Waals surface area contributed by atoms with Gasteiger partial charge < -0.3 is 14.4 Å². The van der Waals surface area contributed by atoms with Gasteiger partial charge in [0.2, 0.25) is 5.78 Å². The molecule has 2 aromatic carbocycles. The minimum absolute atomic E-state index is 0.0360. The average Bonchev–Trinajstić information content (AvgIpc) is 3.33. The standard InChI is InChI=1S/C24H25N5O4/c1-16-14-28-20-21(25-23(28)27(16)10-12-33-13-11-30)26(2)24(32)29(22(20)31)15-18-8-5-7-17-6-3-4-9-19(17)18/h3-9,14,30H,10-13,15H2,1-2H3. The summed E-state index contributed by atoms with van der Waals surface area (Å²) in [5.41, 5.74) is 1.76. The Kier molecular flexibility index (Phi) is 5.35. The largest absolute Gasteiger partial charge is 0.394 e. The molecule has 0 bridgehead atoms. The molecular formula is C24H25N5O4. The van der Waals surface area contributed by atoms with Gasteiger partial charge in [-0.05, 0) is 23.3 Å². The normalized spacial score (nSPS) is 11.8. The summed E-state index contributed by atoms with van der Waals surface area (Å²) < 4.78 is 11.8. The van der Waals surface area contributed by atoms with Crippen molar-refractivity contribution in [2.24, 2.45) is 7.05 Å². The van der Waals surface area contributed by atoms with E-state index in [0.29, 0.717) is 30.1 Å². The van der Waals surface area contributed by atoms with Gasteiger partial charge >= 0.3 is 5.69 Å². The molecule has 0 fully saturated rings. The molecule has 0 atom stereocenters. The second-order valence-corrected chi connectivity index (χ2v) is 8.08. The van der Waals surface area contributed by atoms with E-state index in [4.69, 9.17) is 9.84 Å². The lowest BCUT2D eigenvalue weighted by Gasteiger charge is -2.10. The van der Waals surface area contributed by atoms with Gasteiger partial charge in [-0.2, -0.15) is 4.98 Å². The van der Waals surface area contributed by atoms with E-state index < -0.39 is 5.69 Å². The Morgan fingerprint density at radius 2 is 1.82 bits per heavy atom. The zero-order valence-corrected chi connectivity index (χ0v) is 18.6. The zero-order chi connectivity index (χ0) is 23.1. The smallest absolute Gasteiger partial charge is 0.332 e. The fraction of sp³-hybridized carbons (Fsp3) is 0.292. The third-order valence-electron chi connectivity index (χ3n) is 6.04. The number of nitrogens with zero attached hydrogens (tertiary/aromatic N) is 5. The molecule has 0 amide bonds. The van der Waals surface area contributed by atoms with E-state index in [0.717, 1.165) is 22.0 Å². The van der Waals surface area contributed by atoms with E-state index in [1.807, 2.05) is 60.2 Å². The second kappa shape index (κ2) is 8.34. The molecule has 5 aromatic rings. The fourth-order valence-electron chi connectivity index (χ4n) is 4.39. The molecule has 0 aliphatic carbocycles. The van der Waals surface area contributed by atoms with Crippen LogP contribution in [-0.2, 0) is 24.9 Å². The molecule has 9 nitrogen and oxygen atoms in total. The number of ether oxygens (including phenoxy) is 1. The molecule has 33 heavy (non-hydrogen) atoms. The first kappa shape index (κ1) is 21.2. The van der Waals surface area contributed by atoms with Gasteiger partial charge in [0.25, 0.3) is 5.56 Å². The quantitative estimate of drug-likeness (QED) is 0.383. The molecule has 170 valence electrons. The molecule has 0 unspecified atom stereocenters. The number of aliphatic hydroxyl groups excluding tert-OH is 1. The van der Waals surface area contributed by atoms with Crippen LogP contribution < -0.4 is 11.2 Å². The van der Waals surface area contributed by atoms with Gasteiger partial charge in [-0.3, -0.25) is 18.3 Å². The monoisotopic (exact) mass is 447 g/mol. The number of aliphatic hydroxyl groups is 1. The van der Waals surface area contributed by atoms with E-state index in [2.05, 4.69) is 4.98 Å². The maximum atomic E-state index is 13.6. The highest BCUT2D eigenvalue weighted by atomic mass is 16.5. The van der Waals surface area contributed by atoms with Crippen LogP contribution in [0.25, 0.3) is 27.7 Å². The third-order valence-corrected chi connectivity index (χ3v) is 6.04. The van der Waals surface area contributed by atoms with Gasteiger partial charge in [0, 0.05) is 25.5 Å². The van der Waals surface area contributed by atoms with Crippen molar-refractivity contribution in [2.45, 2.75) is 20.0 Å². The van der Waals surface area contributed by atoms with Crippen molar-refractivity contribution >= 4 is 27.7 Å². The van der Waals surface area contributed by atoms with Gasteiger partial charge in [-0.15, -0.1) is 0 Å². The maximum absolute atomic E-state index is 13.6. The minimum Gasteiger partial charge on any atom is -0.394 e. The number of aromatic nitrogens is 5. The summed E-state index contributed by atoms with van der Waals surface area (Å²) in [6.45, 7) is 3.25. The van der Waals surface area contributed by atoms with E-state index in [1.165, 1.54) is 9.13 Å². The Hall–Kier alpha value is -3.69. The van der Waals surface area contributed by atoms with Crippen LogP contribution in [0.15, 0.2) is 58.3 Å². The molecule has 3 heterocycles. The first-order chi connectivity index (χ1) is 16.0. The second-order valence-electron chi connectivity index (χ2n) is 8.08. The highest BCUT2D eigenvalue weighted by Gasteiger charge is 2.20. The van der Waals surface area contributed by atoms with E-state index in [-0.39, 0.29) is 25.3 Å². The number of imidazole rings is 2. The predicted octanol–water partition coefficient (Wildman–Crippen LogP) is 1.67. The Labute approximate surface area is 188 Å². The molecule has 0 saturated heterocycles. The van der Waals surface area contributed by atoms with Crippen LogP contribution in [-0.4, -0.2) is 48.0 Å². The maximum Gasteiger partial charge on any atom is 0.332 e. The van der Waals surface area contributed by atoms with Crippen LogP contribution in [0.1, 0.15) is 11.3 Å². The molecule has 9 heteroatoms. The minimum atomic E-state index is -0.407. The number of fused-ring (bicyclic) bond motifs is 4. The number of hydrogen-bond donors (Lipinski definition) is 1. The van der Waals surface area contributed by atoms with Gasteiger partial charge in [-0.25, -0.2) is 4.79 Å². The van der Waals surface area contributed by atoms with Crippen LogP contribution in [0.5, 0.6) is 0 Å². The highest BCUT2D eigenvalue weighted by molar-refractivity contribution is 5.85. The Balaban J connectivity index is 1.66. The topological polar surface area (TPSA) is 95.7 Å². The molecule has 0 aliphatic heterocycles. The Morgan fingerprint density at radius 1 is 1.03 bits per heavy atom. The van der Waals surface area contributed by atoms with Crippen LogP contribution in [0.4, 0.5) is 0 Å².